The minimum Gasteiger partial charge on any atom is -0.506 e. The molecule has 7 heteroatoms. The van der Waals surface area contributed by atoms with Gasteiger partial charge in [0.25, 0.3) is 0 Å². The molecule has 0 aromatic heterocycles. The molecule has 2 N–H and O–H groups in total. The van der Waals surface area contributed by atoms with E-state index in [4.69, 9.17) is 0 Å². The molecule has 0 amide bonds. The highest BCUT2D eigenvalue weighted by molar-refractivity contribution is 9.10. The lowest BCUT2D eigenvalue weighted by molar-refractivity contribution is 0.472. The quantitative estimate of drug-likeness (QED) is 0.836. The highest BCUT2D eigenvalue weighted by atomic mass is 79.9. The van der Waals surface area contributed by atoms with E-state index in [0.29, 0.717) is 17.6 Å². The van der Waals surface area contributed by atoms with Crippen molar-refractivity contribution in [2.45, 2.75) is 12.8 Å². The van der Waals surface area contributed by atoms with Crippen LogP contribution in [0.4, 0.5) is 5.69 Å². The van der Waals surface area contributed by atoms with Crippen LogP contribution in [-0.4, -0.2) is 30.9 Å². The summed E-state index contributed by atoms with van der Waals surface area (Å²) >= 11 is 3.23. The fourth-order valence-corrected chi connectivity index (χ4v) is 3.39. The third kappa shape index (κ3) is 2.91. The molecule has 1 aliphatic heterocycles. The van der Waals surface area contributed by atoms with Crippen LogP contribution in [0.1, 0.15) is 12.8 Å². The molecule has 0 bridgehead atoms. The molecule has 0 spiro atoms. The fourth-order valence-electron chi connectivity index (χ4n) is 1.72. The van der Waals surface area contributed by atoms with E-state index in [0.717, 1.165) is 12.8 Å². The Morgan fingerprint density at radius 1 is 1.29 bits per heavy atom. The number of hydrogen-bond donors (Lipinski definition) is 2. The zero-order valence-corrected chi connectivity index (χ0v) is 11.5. The maximum Gasteiger partial charge on any atom is 0.301 e. The van der Waals surface area contributed by atoms with Crippen molar-refractivity contribution in [2.75, 3.05) is 17.8 Å². The Morgan fingerprint density at radius 3 is 2.59 bits per heavy atom. The van der Waals surface area contributed by atoms with E-state index in [9.17, 15) is 13.5 Å². The predicted octanol–water partition coefficient (Wildman–Crippen LogP) is 1.91. The van der Waals surface area contributed by atoms with E-state index in [1.807, 2.05) is 0 Å². The van der Waals surface area contributed by atoms with Crippen LogP contribution in [0.15, 0.2) is 22.7 Å². The molecule has 1 aromatic carbocycles. The molecule has 0 aliphatic carbocycles. The van der Waals surface area contributed by atoms with Gasteiger partial charge in [-0.15, -0.1) is 0 Å². The molecule has 17 heavy (non-hydrogen) atoms. The number of rotatable bonds is 3. The SMILES string of the molecule is O=S(=O)(Nc1cc(Br)ccc1O)N1CCCC1. The summed E-state index contributed by atoms with van der Waals surface area (Å²) in [6, 6.07) is 4.61. The molecule has 94 valence electrons. The highest BCUT2D eigenvalue weighted by Gasteiger charge is 2.25. The summed E-state index contributed by atoms with van der Waals surface area (Å²) in [5, 5.41) is 9.57. The molecule has 1 aromatic rings. The maximum atomic E-state index is 12.0. The Morgan fingerprint density at radius 2 is 1.94 bits per heavy atom. The van der Waals surface area contributed by atoms with Crippen LogP contribution >= 0.6 is 15.9 Å². The molecular formula is C10H13BrN2O3S. The van der Waals surface area contributed by atoms with Gasteiger partial charge in [-0.05, 0) is 31.0 Å². The van der Waals surface area contributed by atoms with Crippen LogP contribution in [-0.2, 0) is 10.2 Å². The molecule has 5 nitrogen and oxygen atoms in total. The first-order valence-electron chi connectivity index (χ1n) is 5.25. The van der Waals surface area contributed by atoms with E-state index in [1.54, 1.807) is 6.07 Å². The van der Waals surface area contributed by atoms with Gasteiger partial charge < -0.3 is 5.11 Å². The maximum absolute atomic E-state index is 12.0. The molecule has 1 aliphatic rings. The van der Waals surface area contributed by atoms with Gasteiger partial charge in [0, 0.05) is 17.6 Å². The first-order chi connectivity index (χ1) is 7.99. The lowest BCUT2D eigenvalue weighted by atomic mass is 10.3. The van der Waals surface area contributed by atoms with Crippen LogP contribution < -0.4 is 4.72 Å². The lowest BCUT2D eigenvalue weighted by Crippen LogP contribution is -2.33. The number of halogens is 1. The van der Waals surface area contributed by atoms with E-state index in [2.05, 4.69) is 20.7 Å². The number of benzene rings is 1. The Bertz CT molecular complexity index is 512. The summed E-state index contributed by atoms with van der Waals surface area (Å²) in [7, 11) is -3.55. The second kappa shape index (κ2) is 4.83. The van der Waals surface area contributed by atoms with Crippen molar-refractivity contribution in [1.29, 1.82) is 0 Å². The number of phenols is 1. The topological polar surface area (TPSA) is 69.6 Å². The smallest absolute Gasteiger partial charge is 0.301 e. The van der Waals surface area contributed by atoms with Gasteiger partial charge in [-0.25, -0.2) is 0 Å². The van der Waals surface area contributed by atoms with Gasteiger partial charge in [0.05, 0.1) is 5.69 Å². The first-order valence-corrected chi connectivity index (χ1v) is 7.49. The Kier molecular flexibility index (Phi) is 3.60. The summed E-state index contributed by atoms with van der Waals surface area (Å²) in [5.41, 5.74) is 0.186. The third-order valence-corrected chi connectivity index (χ3v) is 4.62. The van der Waals surface area contributed by atoms with Gasteiger partial charge in [0.15, 0.2) is 0 Å². The molecule has 0 unspecified atom stereocenters. The number of anilines is 1. The van der Waals surface area contributed by atoms with Gasteiger partial charge in [-0.1, -0.05) is 15.9 Å². The number of nitrogens with one attached hydrogen (secondary N) is 1. The standard InChI is InChI=1S/C10H13BrN2O3S/c11-8-3-4-10(14)9(7-8)12-17(15,16)13-5-1-2-6-13/h3-4,7,12,14H,1-2,5-6H2. The fraction of sp³-hybridized carbons (Fsp3) is 0.400. The molecular weight excluding hydrogens is 308 g/mol. The lowest BCUT2D eigenvalue weighted by Gasteiger charge is -2.17. The Hall–Kier alpha value is -0.790. The molecule has 1 heterocycles. The second-order valence-electron chi connectivity index (χ2n) is 3.87. The predicted molar refractivity (Wildman–Crippen MR) is 69.2 cm³/mol. The van der Waals surface area contributed by atoms with Crippen LogP contribution in [0, 0.1) is 0 Å². The minimum absolute atomic E-state index is 0.0871. The van der Waals surface area contributed by atoms with Crippen molar-refractivity contribution in [3.8, 4) is 5.75 Å². The van der Waals surface area contributed by atoms with Crippen molar-refractivity contribution in [1.82, 2.24) is 4.31 Å². The molecule has 0 saturated carbocycles. The third-order valence-electron chi connectivity index (χ3n) is 2.60. The average molecular weight is 321 g/mol. The molecule has 0 radical (unpaired) electrons. The number of aromatic hydroxyl groups is 1. The normalized spacial score (nSPS) is 17.2. The van der Waals surface area contributed by atoms with Crippen molar-refractivity contribution >= 4 is 31.8 Å². The number of hydrogen-bond acceptors (Lipinski definition) is 3. The summed E-state index contributed by atoms with van der Waals surface area (Å²) in [5.74, 6) is -0.0871. The monoisotopic (exact) mass is 320 g/mol. The van der Waals surface area contributed by atoms with Gasteiger partial charge in [0.2, 0.25) is 0 Å². The largest absolute Gasteiger partial charge is 0.506 e. The van der Waals surface area contributed by atoms with Crippen LogP contribution in [0.3, 0.4) is 0 Å². The van der Waals surface area contributed by atoms with E-state index in [1.165, 1.54) is 16.4 Å². The summed E-state index contributed by atoms with van der Waals surface area (Å²) in [6.45, 7) is 1.06. The molecule has 0 atom stereocenters. The minimum atomic E-state index is -3.55. The number of phenolic OH excluding ortho intramolecular Hbond substituents is 1. The first kappa shape index (κ1) is 12.7. The van der Waals surface area contributed by atoms with Crippen molar-refractivity contribution < 1.29 is 13.5 Å². The Balaban J connectivity index is 2.22. The van der Waals surface area contributed by atoms with E-state index >= 15 is 0 Å². The van der Waals surface area contributed by atoms with Crippen LogP contribution in [0.5, 0.6) is 5.75 Å². The van der Waals surface area contributed by atoms with Crippen molar-refractivity contribution in [3.05, 3.63) is 22.7 Å². The van der Waals surface area contributed by atoms with Gasteiger partial charge in [-0.3, -0.25) is 4.72 Å². The molecule has 2 rings (SSSR count). The van der Waals surface area contributed by atoms with E-state index in [-0.39, 0.29) is 11.4 Å². The highest BCUT2D eigenvalue weighted by Crippen LogP contribution is 2.28. The van der Waals surface area contributed by atoms with Gasteiger partial charge in [0.1, 0.15) is 5.75 Å². The van der Waals surface area contributed by atoms with Gasteiger partial charge in [-0.2, -0.15) is 12.7 Å². The molecule has 1 saturated heterocycles. The summed E-state index contributed by atoms with van der Waals surface area (Å²) in [4.78, 5) is 0. The second-order valence-corrected chi connectivity index (χ2v) is 6.46. The zero-order valence-electron chi connectivity index (χ0n) is 9.06. The van der Waals surface area contributed by atoms with Crippen molar-refractivity contribution in [2.24, 2.45) is 0 Å². The average Bonchev–Trinajstić information content (AvgIpc) is 2.77. The summed E-state index contributed by atoms with van der Waals surface area (Å²) in [6.07, 6.45) is 1.76. The van der Waals surface area contributed by atoms with E-state index < -0.39 is 10.2 Å². The van der Waals surface area contributed by atoms with Crippen molar-refractivity contribution in [3.63, 3.8) is 0 Å². The van der Waals surface area contributed by atoms with Gasteiger partial charge >= 0.3 is 10.2 Å². The van der Waals surface area contributed by atoms with Crippen LogP contribution in [0.2, 0.25) is 0 Å². The Labute approximate surface area is 109 Å². The molecule has 1 fully saturated rings. The number of nitrogens with zero attached hydrogens (tertiary/aromatic N) is 1. The summed E-state index contributed by atoms with van der Waals surface area (Å²) < 4.78 is 28.4. The van der Waals surface area contributed by atoms with Crippen LogP contribution in [0.25, 0.3) is 0 Å². The zero-order chi connectivity index (χ0) is 12.5.